The molecule has 0 bridgehead atoms. The largest absolute Gasteiger partial charge is 0.482 e. The topological polar surface area (TPSA) is 82.1 Å². The van der Waals surface area contributed by atoms with Crippen molar-refractivity contribution in [2.75, 3.05) is 50.8 Å². The Morgan fingerprint density at radius 1 is 1.19 bits per heavy atom. The molecule has 7 heteroatoms. The summed E-state index contributed by atoms with van der Waals surface area (Å²) in [6.07, 6.45) is 3.53. The fourth-order valence-electron chi connectivity index (χ4n) is 3.57. The number of rotatable bonds is 7. The lowest BCUT2D eigenvalue weighted by molar-refractivity contribution is -0.139. The van der Waals surface area contributed by atoms with Gasteiger partial charge in [0.25, 0.3) is 0 Å². The Bertz CT molecular complexity index is 614. The second-order valence-electron chi connectivity index (χ2n) is 6.96. The van der Waals surface area contributed by atoms with E-state index in [4.69, 9.17) is 9.84 Å². The molecule has 2 heterocycles. The van der Waals surface area contributed by atoms with Crippen molar-refractivity contribution in [1.29, 1.82) is 0 Å². The SMILES string of the molecule is O=C(O)COc1ccc(N2CCN(CCC3CCNCC3)C(=O)C2)cc1. The third-order valence-electron chi connectivity index (χ3n) is 5.15. The quantitative estimate of drug-likeness (QED) is 0.759. The van der Waals surface area contributed by atoms with Gasteiger partial charge in [-0.1, -0.05) is 0 Å². The number of carbonyl (C=O) groups excluding carboxylic acids is 1. The van der Waals surface area contributed by atoms with Gasteiger partial charge < -0.3 is 25.0 Å². The zero-order valence-corrected chi connectivity index (χ0v) is 15.0. The smallest absolute Gasteiger partial charge is 0.341 e. The molecule has 3 rings (SSSR count). The van der Waals surface area contributed by atoms with Crippen molar-refractivity contribution in [2.24, 2.45) is 5.92 Å². The van der Waals surface area contributed by atoms with Gasteiger partial charge in [0.2, 0.25) is 5.91 Å². The Labute approximate surface area is 153 Å². The lowest BCUT2D eigenvalue weighted by atomic mass is 9.94. The fraction of sp³-hybridized carbons (Fsp3) is 0.579. The highest BCUT2D eigenvalue weighted by Gasteiger charge is 2.25. The lowest BCUT2D eigenvalue weighted by Gasteiger charge is -2.36. The number of hydrogen-bond acceptors (Lipinski definition) is 5. The number of anilines is 1. The lowest BCUT2D eigenvalue weighted by Crippen LogP contribution is -2.51. The van der Waals surface area contributed by atoms with E-state index in [0.717, 1.165) is 50.7 Å². The third-order valence-corrected chi connectivity index (χ3v) is 5.15. The maximum atomic E-state index is 12.5. The van der Waals surface area contributed by atoms with Crippen LogP contribution in [0.1, 0.15) is 19.3 Å². The molecule has 1 aromatic carbocycles. The van der Waals surface area contributed by atoms with Crippen molar-refractivity contribution in [1.82, 2.24) is 10.2 Å². The standard InChI is InChI=1S/C19H27N3O4/c23-18-13-22(16-1-3-17(4-2-16)26-14-19(24)25)12-11-21(18)10-7-15-5-8-20-9-6-15/h1-4,15,20H,5-14H2,(H,24,25). The van der Waals surface area contributed by atoms with E-state index >= 15 is 0 Å². The van der Waals surface area contributed by atoms with Crippen LogP contribution < -0.4 is 15.0 Å². The van der Waals surface area contributed by atoms with Crippen LogP contribution in [0.4, 0.5) is 5.69 Å². The number of aliphatic carboxylic acids is 1. The van der Waals surface area contributed by atoms with Crippen LogP contribution in [0.15, 0.2) is 24.3 Å². The van der Waals surface area contributed by atoms with Crippen molar-refractivity contribution < 1.29 is 19.4 Å². The Balaban J connectivity index is 1.46. The van der Waals surface area contributed by atoms with Gasteiger partial charge >= 0.3 is 5.97 Å². The highest BCUT2D eigenvalue weighted by Crippen LogP contribution is 2.22. The van der Waals surface area contributed by atoms with Crippen LogP contribution in [0.25, 0.3) is 0 Å². The first kappa shape index (κ1) is 18.5. The molecule has 0 saturated carbocycles. The highest BCUT2D eigenvalue weighted by molar-refractivity contribution is 5.82. The number of piperazine rings is 1. The van der Waals surface area contributed by atoms with Gasteiger partial charge in [-0.2, -0.15) is 0 Å². The molecule has 0 aromatic heterocycles. The summed E-state index contributed by atoms with van der Waals surface area (Å²) < 4.78 is 5.14. The number of carboxylic acids is 1. The molecule has 0 radical (unpaired) electrons. The zero-order chi connectivity index (χ0) is 18.4. The van der Waals surface area contributed by atoms with Gasteiger partial charge in [-0.25, -0.2) is 4.79 Å². The second kappa shape index (κ2) is 8.89. The molecule has 26 heavy (non-hydrogen) atoms. The van der Waals surface area contributed by atoms with Crippen LogP contribution in [-0.2, 0) is 9.59 Å². The Morgan fingerprint density at radius 2 is 1.92 bits per heavy atom. The Morgan fingerprint density at radius 3 is 2.58 bits per heavy atom. The highest BCUT2D eigenvalue weighted by atomic mass is 16.5. The number of amides is 1. The van der Waals surface area contributed by atoms with E-state index in [0.29, 0.717) is 12.3 Å². The first-order valence-electron chi connectivity index (χ1n) is 9.30. The van der Waals surface area contributed by atoms with Gasteiger partial charge in [-0.15, -0.1) is 0 Å². The number of nitrogens with zero attached hydrogens (tertiary/aromatic N) is 2. The average Bonchev–Trinajstić information content (AvgIpc) is 2.66. The first-order chi connectivity index (χ1) is 12.6. The van der Waals surface area contributed by atoms with Crippen LogP contribution in [-0.4, -0.2) is 67.8 Å². The molecule has 2 N–H and O–H groups in total. The van der Waals surface area contributed by atoms with Crippen molar-refractivity contribution in [2.45, 2.75) is 19.3 Å². The van der Waals surface area contributed by atoms with Gasteiger partial charge in [0.15, 0.2) is 6.61 Å². The number of ether oxygens (including phenoxy) is 1. The summed E-state index contributed by atoms with van der Waals surface area (Å²) in [5.41, 5.74) is 0.957. The van der Waals surface area contributed by atoms with E-state index in [1.807, 2.05) is 17.0 Å². The van der Waals surface area contributed by atoms with Crippen LogP contribution in [0.3, 0.4) is 0 Å². The van der Waals surface area contributed by atoms with E-state index < -0.39 is 5.97 Å². The molecular weight excluding hydrogens is 334 g/mol. The van der Waals surface area contributed by atoms with Gasteiger partial charge in [0.1, 0.15) is 5.75 Å². The monoisotopic (exact) mass is 361 g/mol. The van der Waals surface area contributed by atoms with Gasteiger partial charge in [0.05, 0.1) is 6.54 Å². The van der Waals surface area contributed by atoms with E-state index in [1.54, 1.807) is 12.1 Å². The van der Waals surface area contributed by atoms with Crippen molar-refractivity contribution in [3.8, 4) is 5.75 Å². The van der Waals surface area contributed by atoms with Crippen molar-refractivity contribution in [3.63, 3.8) is 0 Å². The number of carboxylic acid groups (broad SMARTS) is 1. The summed E-state index contributed by atoms with van der Waals surface area (Å²) in [4.78, 5) is 27.1. The minimum absolute atomic E-state index is 0.177. The van der Waals surface area contributed by atoms with Crippen LogP contribution in [0.2, 0.25) is 0 Å². The summed E-state index contributed by atoms with van der Waals surface area (Å²) >= 11 is 0. The minimum atomic E-state index is -1.000. The van der Waals surface area contributed by atoms with Crippen molar-refractivity contribution >= 4 is 17.6 Å². The molecule has 2 fully saturated rings. The van der Waals surface area contributed by atoms with Crippen LogP contribution in [0.5, 0.6) is 5.75 Å². The predicted octanol–water partition coefficient (Wildman–Crippen LogP) is 1.19. The maximum absolute atomic E-state index is 12.5. The molecule has 0 spiro atoms. The first-order valence-corrected chi connectivity index (χ1v) is 9.30. The van der Waals surface area contributed by atoms with Gasteiger partial charge in [-0.3, -0.25) is 4.79 Å². The van der Waals surface area contributed by atoms with E-state index in [-0.39, 0.29) is 12.5 Å². The molecular formula is C19H27N3O4. The Hall–Kier alpha value is -2.28. The number of hydrogen-bond donors (Lipinski definition) is 2. The number of carbonyl (C=O) groups is 2. The summed E-state index contributed by atoms with van der Waals surface area (Å²) in [5, 5.41) is 12.0. The molecule has 7 nitrogen and oxygen atoms in total. The number of piperidine rings is 1. The average molecular weight is 361 g/mol. The summed E-state index contributed by atoms with van der Waals surface area (Å²) in [5.74, 6) is 0.431. The summed E-state index contributed by atoms with van der Waals surface area (Å²) in [6.45, 7) is 4.65. The molecule has 1 aromatic rings. The van der Waals surface area contributed by atoms with Crippen LogP contribution in [0, 0.1) is 5.92 Å². The predicted molar refractivity (Wildman–Crippen MR) is 98.6 cm³/mol. The van der Waals surface area contributed by atoms with Crippen molar-refractivity contribution in [3.05, 3.63) is 24.3 Å². The fourth-order valence-corrected chi connectivity index (χ4v) is 3.57. The van der Waals surface area contributed by atoms with Gasteiger partial charge in [-0.05, 0) is 62.5 Å². The molecule has 2 aliphatic heterocycles. The Kier molecular flexibility index (Phi) is 6.33. The van der Waals surface area contributed by atoms with E-state index in [2.05, 4.69) is 10.2 Å². The molecule has 0 atom stereocenters. The molecule has 2 aliphatic rings. The molecule has 2 saturated heterocycles. The number of benzene rings is 1. The third kappa shape index (κ3) is 5.11. The second-order valence-corrected chi connectivity index (χ2v) is 6.96. The molecule has 0 unspecified atom stereocenters. The van der Waals surface area contributed by atoms with E-state index in [9.17, 15) is 9.59 Å². The zero-order valence-electron chi connectivity index (χ0n) is 15.0. The molecule has 1 amide bonds. The number of nitrogens with one attached hydrogen (secondary N) is 1. The molecule has 142 valence electrons. The van der Waals surface area contributed by atoms with Crippen LogP contribution >= 0.6 is 0 Å². The summed E-state index contributed by atoms with van der Waals surface area (Å²) in [6, 6.07) is 7.22. The molecule has 0 aliphatic carbocycles. The maximum Gasteiger partial charge on any atom is 0.341 e. The summed E-state index contributed by atoms with van der Waals surface area (Å²) in [7, 11) is 0. The normalized spacial score (nSPS) is 18.8. The van der Waals surface area contributed by atoms with Gasteiger partial charge in [0, 0.05) is 25.3 Å². The van der Waals surface area contributed by atoms with E-state index in [1.165, 1.54) is 12.8 Å². The minimum Gasteiger partial charge on any atom is -0.482 e.